The number of hydrogen-bond acceptors (Lipinski definition) is 9. The van der Waals surface area contributed by atoms with Crippen molar-refractivity contribution in [2.75, 3.05) is 37.4 Å². The third-order valence-corrected chi connectivity index (χ3v) is 5.07. The largest absolute Gasteiger partial charge is 0.380 e. The van der Waals surface area contributed by atoms with Gasteiger partial charge in [0.15, 0.2) is 11.6 Å². The third-order valence-electron chi connectivity index (χ3n) is 2.35. The second-order valence-corrected chi connectivity index (χ2v) is 7.27. The summed E-state index contributed by atoms with van der Waals surface area (Å²) in [5, 5.41) is 4.35. The number of nitrogen functional groups attached to an aromatic ring is 1. The van der Waals surface area contributed by atoms with Gasteiger partial charge in [0.05, 0.1) is 11.7 Å². The zero-order chi connectivity index (χ0) is 14.4. The summed E-state index contributed by atoms with van der Waals surface area (Å²) in [7, 11) is 4.11. The van der Waals surface area contributed by atoms with E-state index in [-0.39, 0.29) is 0 Å². The molecule has 0 aliphatic rings. The number of thiazole rings is 1. The van der Waals surface area contributed by atoms with E-state index >= 15 is 0 Å². The van der Waals surface area contributed by atoms with Crippen LogP contribution in [-0.4, -0.2) is 45.0 Å². The zero-order valence-electron chi connectivity index (χ0n) is 11.5. The number of thioether (sulfide) groups is 1. The van der Waals surface area contributed by atoms with Crippen molar-refractivity contribution in [3.63, 3.8) is 0 Å². The van der Waals surface area contributed by atoms with Crippen molar-refractivity contribution in [2.45, 2.75) is 12.3 Å². The molecule has 9 heteroatoms. The molecule has 0 aliphatic carbocycles. The number of hydrogen-bond donors (Lipinski definition) is 2. The molecule has 0 spiro atoms. The highest BCUT2D eigenvalue weighted by atomic mass is 32.2. The molecule has 2 aromatic rings. The lowest BCUT2D eigenvalue weighted by molar-refractivity contribution is 0.401. The van der Waals surface area contributed by atoms with Gasteiger partial charge in [0, 0.05) is 35.7 Å². The molecule has 0 aliphatic heterocycles. The van der Waals surface area contributed by atoms with Gasteiger partial charge in [-0.05, 0) is 14.1 Å². The predicted molar refractivity (Wildman–Crippen MR) is 88.5 cm³/mol. The molecule has 0 unspecified atom stereocenters. The average Bonchev–Trinajstić information content (AvgIpc) is 2.98. The Morgan fingerprint density at radius 1 is 1.40 bits per heavy atom. The maximum absolute atomic E-state index is 5.65. The Bertz CT molecular complexity index is 524. The van der Waals surface area contributed by atoms with E-state index in [9.17, 15) is 0 Å². The van der Waals surface area contributed by atoms with Crippen LogP contribution < -0.4 is 11.1 Å². The van der Waals surface area contributed by atoms with Gasteiger partial charge < -0.3 is 16.0 Å². The monoisotopic (exact) mass is 330 g/mol. The molecule has 110 valence electrons. The Kier molecular flexibility index (Phi) is 6.02. The van der Waals surface area contributed by atoms with Crippen LogP contribution in [-0.2, 0) is 12.3 Å². The van der Waals surface area contributed by atoms with Crippen LogP contribution in [0.1, 0.15) is 9.88 Å². The van der Waals surface area contributed by atoms with Crippen LogP contribution in [0.5, 0.6) is 0 Å². The Labute approximate surface area is 131 Å². The number of nitrogens with zero attached hydrogens (tertiary/aromatic N) is 4. The van der Waals surface area contributed by atoms with Crippen molar-refractivity contribution in [3.8, 4) is 0 Å². The Hall–Kier alpha value is -0.900. The van der Waals surface area contributed by atoms with Gasteiger partial charge in [-0.3, -0.25) is 0 Å². The summed E-state index contributed by atoms with van der Waals surface area (Å²) in [5.41, 5.74) is 5.65. The number of anilines is 2. The maximum Gasteiger partial charge on any atom is 0.184 e. The van der Waals surface area contributed by atoms with Gasteiger partial charge in [0.25, 0.3) is 0 Å². The van der Waals surface area contributed by atoms with Crippen molar-refractivity contribution < 1.29 is 0 Å². The summed E-state index contributed by atoms with van der Waals surface area (Å²) in [6.45, 7) is 1.75. The van der Waals surface area contributed by atoms with E-state index in [1.807, 2.05) is 18.0 Å². The highest BCUT2D eigenvalue weighted by Crippen LogP contribution is 2.20. The van der Waals surface area contributed by atoms with E-state index in [2.05, 4.69) is 38.0 Å². The topological polar surface area (TPSA) is 80.0 Å². The first kappa shape index (κ1) is 15.5. The summed E-state index contributed by atoms with van der Waals surface area (Å²) in [6, 6.07) is 0. The van der Waals surface area contributed by atoms with Crippen LogP contribution in [0.25, 0.3) is 0 Å². The maximum atomic E-state index is 5.65. The van der Waals surface area contributed by atoms with Gasteiger partial charge >= 0.3 is 0 Å². The number of nitrogens with two attached hydrogens (primary N) is 1. The molecule has 0 fully saturated rings. The minimum absolute atomic E-state index is 0.482. The lowest BCUT2D eigenvalue weighted by atomic mass is 10.6. The van der Waals surface area contributed by atoms with E-state index in [0.29, 0.717) is 11.6 Å². The minimum atomic E-state index is 0.482. The number of aromatic nitrogens is 3. The van der Waals surface area contributed by atoms with E-state index in [1.165, 1.54) is 9.88 Å². The molecular formula is C11H18N6S3. The number of rotatable bonds is 8. The Morgan fingerprint density at radius 3 is 2.95 bits per heavy atom. The fraction of sp³-hybridized carbons (Fsp3) is 0.545. The van der Waals surface area contributed by atoms with Gasteiger partial charge in [0.2, 0.25) is 0 Å². The normalized spacial score (nSPS) is 11.2. The summed E-state index contributed by atoms with van der Waals surface area (Å²) >= 11 is 4.79. The molecular weight excluding hydrogens is 312 g/mol. The number of nitrogens with one attached hydrogen (secondary N) is 1. The zero-order valence-corrected chi connectivity index (χ0v) is 13.9. The third kappa shape index (κ3) is 4.89. The lowest BCUT2D eigenvalue weighted by Gasteiger charge is -2.05. The summed E-state index contributed by atoms with van der Waals surface area (Å²) < 4.78 is 7.99. The molecule has 20 heavy (non-hydrogen) atoms. The van der Waals surface area contributed by atoms with Crippen molar-refractivity contribution in [3.05, 3.63) is 16.1 Å². The first-order valence-electron chi connectivity index (χ1n) is 6.13. The first-order chi connectivity index (χ1) is 9.65. The summed E-state index contributed by atoms with van der Waals surface area (Å²) in [6.07, 6.45) is 1.98. The minimum Gasteiger partial charge on any atom is -0.380 e. The molecule has 0 aromatic carbocycles. The average molecular weight is 331 g/mol. The van der Waals surface area contributed by atoms with Crippen LogP contribution in [0.3, 0.4) is 0 Å². The molecule has 0 saturated carbocycles. The van der Waals surface area contributed by atoms with Gasteiger partial charge in [-0.25, -0.2) is 4.98 Å². The molecule has 3 N–H and O–H groups in total. The van der Waals surface area contributed by atoms with Crippen LogP contribution in [0.4, 0.5) is 11.6 Å². The predicted octanol–water partition coefficient (Wildman–Crippen LogP) is 1.98. The van der Waals surface area contributed by atoms with Crippen LogP contribution in [0.2, 0.25) is 0 Å². The van der Waals surface area contributed by atoms with Crippen LogP contribution >= 0.6 is 34.8 Å². The fourth-order valence-corrected chi connectivity index (χ4v) is 3.93. The van der Waals surface area contributed by atoms with Crippen molar-refractivity contribution in [2.24, 2.45) is 0 Å². The summed E-state index contributed by atoms with van der Waals surface area (Å²) in [5.74, 6) is 3.17. The molecule has 6 nitrogen and oxygen atoms in total. The van der Waals surface area contributed by atoms with Gasteiger partial charge in [-0.2, -0.15) is 20.5 Å². The van der Waals surface area contributed by atoms with E-state index in [1.54, 1.807) is 11.3 Å². The van der Waals surface area contributed by atoms with Crippen molar-refractivity contribution >= 4 is 46.5 Å². The van der Waals surface area contributed by atoms with E-state index in [0.717, 1.165) is 36.3 Å². The Balaban J connectivity index is 1.63. The van der Waals surface area contributed by atoms with Gasteiger partial charge in [0.1, 0.15) is 5.01 Å². The van der Waals surface area contributed by atoms with Crippen LogP contribution in [0, 0.1) is 0 Å². The standard InChI is InChI=1S/C11H18N6S3/c1-17(2)6-9-14-5-8(19-9)7-18-4-3-13-11-10(12)15-20-16-11/h5H,3-4,6-7H2,1-2H3,(H2,12,15)(H,13,16). The second-order valence-electron chi connectivity index (χ2n) is 4.44. The highest BCUT2D eigenvalue weighted by Gasteiger charge is 2.04. The van der Waals surface area contributed by atoms with Crippen molar-refractivity contribution in [1.82, 2.24) is 18.6 Å². The van der Waals surface area contributed by atoms with E-state index in [4.69, 9.17) is 5.73 Å². The SMILES string of the molecule is CN(C)Cc1ncc(CSCCNc2nsnc2N)s1. The molecule has 2 rings (SSSR count). The molecule has 0 amide bonds. The highest BCUT2D eigenvalue weighted by molar-refractivity contribution is 7.98. The molecule has 0 bridgehead atoms. The van der Waals surface area contributed by atoms with Crippen molar-refractivity contribution in [1.29, 1.82) is 0 Å². The first-order valence-corrected chi connectivity index (χ1v) is 8.83. The van der Waals surface area contributed by atoms with Gasteiger partial charge in [-0.15, -0.1) is 11.3 Å². The molecule has 0 radical (unpaired) electrons. The fourth-order valence-electron chi connectivity index (χ4n) is 1.49. The molecule has 0 atom stereocenters. The lowest BCUT2D eigenvalue weighted by Crippen LogP contribution is -2.09. The summed E-state index contributed by atoms with van der Waals surface area (Å²) in [4.78, 5) is 7.87. The molecule has 2 heterocycles. The van der Waals surface area contributed by atoms with E-state index < -0.39 is 0 Å². The van der Waals surface area contributed by atoms with Crippen LogP contribution in [0.15, 0.2) is 6.20 Å². The molecule has 0 saturated heterocycles. The van der Waals surface area contributed by atoms with Gasteiger partial charge in [-0.1, -0.05) is 0 Å². The quantitative estimate of drug-likeness (QED) is 0.716. The molecule has 2 aromatic heterocycles. The smallest absolute Gasteiger partial charge is 0.184 e. The Morgan fingerprint density at radius 2 is 2.25 bits per heavy atom. The second kappa shape index (κ2) is 7.77.